The molecule has 126 valence electrons. The van der Waals surface area contributed by atoms with Gasteiger partial charge in [-0.1, -0.05) is 12.1 Å². The first kappa shape index (κ1) is 15.3. The number of amides is 1. The van der Waals surface area contributed by atoms with Gasteiger partial charge in [0.1, 0.15) is 11.5 Å². The van der Waals surface area contributed by atoms with Gasteiger partial charge in [-0.15, -0.1) is 0 Å². The van der Waals surface area contributed by atoms with Crippen molar-refractivity contribution in [3.05, 3.63) is 35.4 Å². The first-order valence-corrected chi connectivity index (χ1v) is 8.57. The van der Waals surface area contributed by atoms with Crippen LogP contribution in [0.15, 0.2) is 24.3 Å². The molecule has 0 aromatic heterocycles. The minimum absolute atomic E-state index is 0.0233. The van der Waals surface area contributed by atoms with E-state index in [0.29, 0.717) is 11.8 Å². The van der Waals surface area contributed by atoms with Gasteiger partial charge in [0.05, 0.1) is 14.2 Å². The first-order valence-electron chi connectivity index (χ1n) is 8.57. The van der Waals surface area contributed by atoms with Crippen molar-refractivity contribution in [1.29, 1.82) is 0 Å². The number of ether oxygens (including phenoxy) is 2. The molecule has 1 fully saturated rings. The highest BCUT2D eigenvalue weighted by atomic mass is 16.5. The summed E-state index contributed by atoms with van der Waals surface area (Å²) in [4.78, 5) is 11.8. The van der Waals surface area contributed by atoms with Crippen molar-refractivity contribution in [2.45, 2.75) is 38.1 Å². The molecule has 0 spiro atoms. The maximum atomic E-state index is 11.8. The third kappa shape index (κ3) is 2.32. The average Bonchev–Trinajstić information content (AvgIpc) is 3.39. The van der Waals surface area contributed by atoms with Crippen LogP contribution in [0.4, 0.5) is 0 Å². The Morgan fingerprint density at radius 1 is 1.08 bits per heavy atom. The quantitative estimate of drug-likeness (QED) is 0.937. The summed E-state index contributed by atoms with van der Waals surface area (Å²) in [6.45, 7) is 1.60. The number of benzene rings is 2. The lowest BCUT2D eigenvalue weighted by Gasteiger charge is -2.36. The lowest BCUT2D eigenvalue weighted by Crippen LogP contribution is -2.42. The summed E-state index contributed by atoms with van der Waals surface area (Å²) in [5.41, 5.74) is 2.43. The van der Waals surface area contributed by atoms with Crippen molar-refractivity contribution in [1.82, 2.24) is 5.32 Å². The Hall–Kier alpha value is -2.23. The molecule has 1 N–H and O–H groups in total. The van der Waals surface area contributed by atoms with Crippen LogP contribution < -0.4 is 14.8 Å². The maximum Gasteiger partial charge on any atom is 0.217 e. The van der Waals surface area contributed by atoms with Crippen LogP contribution in [0.3, 0.4) is 0 Å². The van der Waals surface area contributed by atoms with Gasteiger partial charge in [-0.05, 0) is 48.1 Å². The van der Waals surface area contributed by atoms with E-state index in [1.807, 2.05) is 6.07 Å². The van der Waals surface area contributed by atoms with E-state index < -0.39 is 0 Å². The van der Waals surface area contributed by atoms with Crippen molar-refractivity contribution in [2.75, 3.05) is 14.2 Å². The predicted octanol–water partition coefficient (Wildman–Crippen LogP) is 3.41. The van der Waals surface area contributed by atoms with Gasteiger partial charge in [0.2, 0.25) is 5.91 Å². The Balaban J connectivity index is 1.99. The molecule has 4 rings (SSSR count). The van der Waals surface area contributed by atoms with Crippen molar-refractivity contribution in [3.63, 3.8) is 0 Å². The largest absolute Gasteiger partial charge is 0.496 e. The molecule has 4 nitrogen and oxygen atoms in total. The van der Waals surface area contributed by atoms with Crippen LogP contribution in [0, 0.1) is 5.92 Å². The highest BCUT2D eigenvalue weighted by molar-refractivity contribution is 5.94. The minimum Gasteiger partial charge on any atom is -0.496 e. The zero-order valence-corrected chi connectivity index (χ0v) is 14.4. The molecular weight excluding hydrogens is 302 g/mol. The molecule has 2 aliphatic carbocycles. The van der Waals surface area contributed by atoms with E-state index in [1.54, 1.807) is 21.1 Å². The zero-order valence-electron chi connectivity index (χ0n) is 14.4. The molecule has 2 atom stereocenters. The summed E-state index contributed by atoms with van der Waals surface area (Å²) < 4.78 is 11.3. The standard InChI is InChI=1S/C20H23NO3/c1-11(22)21-15-10-14-16(23-2)8-6-12-7-9-17(24-3)20(18(12)14)19(15)13-4-5-13/h6-9,13,15,19H,4-5,10H2,1-3H3,(H,21,22). The van der Waals surface area contributed by atoms with E-state index in [-0.39, 0.29) is 11.9 Å². The van der Waals surface area contributed by atoms with Gasteiger partial charge in [0.15, 0.2) is 0 Å². The normalized spacial score (nSPS) is 22.3. The van der Waals surface area contributed by atoms with Crippen LogP contribution >= 0.6 is 0 Å². The predicted molar refractivity (Wildman–Crippen MR) is 93.8 cm³/mol. The van der Waals surface area contributed by atoms with Gasteiger partial charge in [-0.2, -0.15) is 0 Å². The fourth-order valence-electron chi connectivity index (χ4n) is 4.35. The number of rotatable bonds is 4. The topological polar surface area (TPSA) is 47.6 Å². The number of nitrogens with one attached hydrogen (secondary N) is 1. The average molecular weight is 325 g/mol. The van der Waals surface area contributed by atoms with Gasteiger partial charge in [0.25, 0.3) is 0 Å². The Labute approximate surface area is 142 Å². The monoisotopic (exact) mass is 325 g/mol. The number of carbonyl (C=O) groups excluding carboxylic acids is 1. The Morgan fingerprint density at radius 2 is 1.75 bits per heavy atom. The number of carbonyl (C=O) groups is 1. The third-order valence-electron chi connectivity index (χ3n) is 5.40. The lowest BCUT2D eigenvalue weighted by molar-refractivity contribution is -0.119. The van der Waals surface area contributed by atoms with E-state index >= 15 is 0 Å². The Bertz CT molecular complexity index is 805. The molecule has 4 heteroatoms. The molecule has 0 saturated heterocycles. The van der Waals surface area contributed by atoms with Crippen LogP contribution in [-0.2, 0) is 11.2 Å². The van der Waals surface area contributed by atoms with Crippen LogP contribution in [0.2, 0.25) is 0 Å². The van der Waals surface area contributed by atoms with Gasteiger partial charge >= 0.3 is 0 Å². The molecule has 0 radical (unpaired) electrons. The molecule has 2 aromatic carbocycles. The van der Waals surface area contributed by atoms with Gasteiger partial charge in [0, 0.05) is 30.0 Å². The van der Waals surface area contributed by atoms with Crippen LogP contribution in [0.1, 0.15) is 36.8 Å². The SMILES string of the molecule is COc1ccc2ccc(OC)c3c2c1CC(NC(C)=O)C3C1CC1. The Morgan fingerprint density at radius 3 is 2.33 bits per heavy atom. The molecular formula is C20H23NO3. The van der Waals surface area contributed by atoms with Crippen molar-refractivity contribution >= 4 is 16.7 Å². The fourth-order valence-corrected chi connectivity index (χ4v) is 4.35. The summed E-state index contributed by atoms with van der Waals surface area (Å²) >= 11 is 0. The molecule has 0 heterocycles. The fraction of sp³-hybridized carbons (Fsp3) is 0.450. The lowest BCUT2D eigenvalue weighted by atomic mass is 9.74. The van der Waals surface area contributed by atoms with Crippen LogP contribution in [0.25, 0.3) is 10.8 Å². The smallest absolute Gasteiger partial charge is 0.217 e. The summed E-state index contributed by atoms with van der Waals surface area (Å²) in [6, 6.07) is 8.40. The van der Waals surface area contributed by atoms with Crippen molar-refractivity contribution in [3.8, 4) is 11.5 Å². The number of hydrogen-bond donors (Lipinski definition) is 1. The molecule has 1 saturated carbocycles. The molecule has 2 aliphatic rings. The van der Waals surface area contributed by atoms with Crippen LogP contribution in [-0.4, -0.2) is 26.2 Å². The molecule has 2 unspecified atom stereocenters. The zero-order chi connectivity index (χ0) is 16.8. The molecule has 0 bridgehead atoms. The number of methoxy groups -OCH3 is 2. The van der Waals surface area contributed by atoms with E-state index in [4.69, 9.17) is 9.47 Å². The second kappa shape index (κ2) is 5.69. The highest BCUT2D eigenvalue weighted by Gasteiger charge is 2.43. The third-order valence-corrected chi connectivity index (χ3v) is 5.40. The van der Waals surface area contributed by atoms with Crippen molar-refractivity contribution in [2.24, 2.45) is 5.92 Å². The van der Waals surface area contributed by atoms with Crippen LogP contribution in [0.5, 0.6) is 11.5 Å². The van der Waals surface area contributed by atoms with E-state index in [1.165, 1.54) is 34.7 Å². The number of hydrogen-bond acceptors (Lipinski definition) is 3. The highest BCUT2D eigenvalue weighted by Crippen LogP contribution is 2.53. The molecule has 0 aliphatic heterocycles. The summed E-state index contributed by atoms with van der Waals surface area (Å²) in [6.07, 6.45) is 3.25. The first-order chi connectivity index (χ1) is 11.6. The summed E-state index contributed by atoms with van der Waals surface area (Å²) in [7, 11) is 3.43. The molecule has 24 heavy (non-hydrogen) atoms. The van der Waals surface area contributed by atoms with Gasteiger partial charge < -0.3 is 14.8 Å². The second-order valence-electron chi connectivity index (χ2n) is 6.90. The maximum absolute atomic E-state index is 11.8. The molecule has 2 aromatic rings. The minimum atomic E-state index is 0.0233. The summed E-state index contributed by atoms with van der Waals surface area (Å²) in [5.74, 6) is 2.77. The second-order valence-corrected chi connectivity index (χ2v) is 6.90. The molecule has 1 amide bonds. The van der Waals surface area contributed by atoms with Gasteiger partial charge in [-0.3, -0.25) is 4.79 Å². The summed E-state index contributed by atoms with van der Waals surface area (Å²) in [5, 5.41) is 5.66. The van der Waals surface area contributed by atoms with Gasteiger partial charge in [-0.25, -0.2) is 0 Å². The van der Waals surface area contributed by atoms with Crippen molar-refractivity contribution < 1.29 is 14.3 Å². The Kier molecular flexibility index (Phi) is 3.63. The van der Waals surface area contributed by atoms with E-state index in [0.717, 1.165) is 17.9 Å². The van der Waals surface area contributed by atoms with E-state index in [2.05, 4.69) is 23.5 Å². The van der Waals surface area contributed by atoms with E-state index in [9.17, 15) is 4.79 Å².